The zero-order chi connectivity index (χ0) is 16.4. The second kappa shape index (κ2) is 6.00. The van der Waals surface area contributed by atoms with Crippen LogP contribution in [0.1, 0.15) is 16.8 Å². The molecule has 1 aliphatic heterocycles. The zero-order valence-corrected chi connectivity index (χ0v) is 13.0. The van der Waals surface area contributed by atoms with Crippen molar-refractivity contribution in [3.63, 3.8) is 0 Å². The van der Waals surface area contributed by atoms with E-state index in [2.05, 4.69) is 4.72 Å². The van der Waals surface area contributed by atoms with Gasteiger partial charge in [-0.05, 0) is 55.0 Å². The molecule has 0 unspecified atom stereocenters. The lowest BCUT2D eigenvalue weighted by Crippen LogP contribution is -2.42. The van der Waals surface area contributed by atoms with Gasteiger partial charge in [0.25, 0.3) is 15.9 Å². The molecule has 1 saturated heterocycles. The minimum absolute atomic E-state index is 0.0435. The van der Waals surface area contributed by atoms with Crippen molar-refractivity contribution in [1.29, 1.82) is 0 Å². The molecule has 0 bridgehead atoms. The van der Waals surface area contributed by atoms with Crippen molar-refractivity contribution >= 4 is 21.6 Å². The van der Waals surface area contributed by atoms with Gasteiger partial charge in [-0.25, -0.2) is 12.8 Å². The molecule has 0 atom stereocenters. The van der Waals surface area contributed by atoms with Crippen LogP contribution in [0.15, 0.2) is 53.4 Å². The monoisotopic (exact) mass is 334 g/mol. The molecule has 1 aliphatic rings. The highest BCUT2D eigenvalue weighted by Gasteiger charge is 2.22. The Morgan fingerprint density at radius 1 is 1.00 bits per heavy atom. The fourth-order valence-electron chi connectivity index (χ4n) is 2.21. The van der Waals surface area contributed by atoms with Crippen LogP contribution in [0, 0.1) is 5.82 Å². The maximum absolute atomic E-state index is 12.8. The molecule has 0 saturated carbocycles. The predicted octanol–water partition coefficient (Wildman–Crippen LogP) is 2.47. The minimum atomic E-state index is -3.78. The summed E-state index contributed by atoms with van der Waals surface area (Å²) < 4.78 is 39.8. The number of amides is 1. The lowest BCUT2D eigenvalue weighted by molar-refractivity contribution is 0.0651. The number of sulfonamides is 1. The third-order valence-electron chi connectivity index (χ3n) is 3.65. The van der Waals surface area contributed by atoms with E-state index in [1.54, 1.807) is 4.90 Å². The molecule has 5 nitrogen and oxygen atoms in total. The Labute approximate surface area is 133 Å². The van der Waals surface area contributed by atoms with Crippen molar-refractivity contribution in [3.05, 3.63) is 59.9 Å². The molecule has 2 aromatic carbocycles. The smallest absolute Gasteiger partial charge is 0.261 e. The maximum atomic E-state index is 12.8. The quantitative estimate of drug-likeness (QED) is 0.934. The first kappa shape index (κ1) is 15.5. The van der Waals surface area contributed by atoms with E-state index < -0.39 is 15.8 Å². The fraction of sp³-hybridized carbons (Fsp3) is 0.188. The topological polar surface area (TPSA) is 66.5 Å². The van der Waals surface area contributed by atoms with Crippen molar-refractivity contribution in [2.45, 2.75) is 11.3 Å². The van der Waals surface area contributed by atoms with Crippen LogP contribution in [-0.2, 0) is 10.0 Å². The highest BCUT2D eigenvalue weighted by Crippen LogP contribution is 2.18. The third-order valence-corrected chi connectivity index (χ3v) is 5.05. The minimum Gasteiger partial charge on any atom is -0.339 e. The van der Waals surface area contributed by atoms with Gasteiger partial charge >= 0.3 is 0 Å². The van der Waals surface area contributed by atoms with Crippen LogP contribution in [0.3, 0.4) is 0 Å². The Bertz CT molecular complexity index is 813. The van der Waals surface area contributed by atoms with Crippen LogP contribution in [-0.4, -0.2) is 32.3 Å². The Hall–Kier alpha value is -2.41. The summed E-state index contributed by atoms with van der Waals surface area (Å²) in [6.45, 7) is 1.48. The summed E-state index contributed by atoms with van der Waals surface area (Å²) in [5.74, 6) is -0.534. The fourth-order valence-corrected chi connectivity index (χ4v) is 3.27. The normalized spacial score (nSPS) is 14.2. The average molecular weight is 334 g/mol. The SMILES string of the molecule is O=C(c1ccc(S(=O)(=O)Nc2ccc(F)cc2)cc1)N1CCC1. The molecule has 0 spiro atoms. The molecular weight excluding hydrogens is 319 g/mol. The average Bonchev–Trinajstić information content (AvgIpc) is 2.48. The van der Waals surface area contributed by atoms with E-state index in [-0.39, 0.29) is 16.5 Å². The molecule has 7 heteroatoms. The van der Waals surface area contributed by atoms with E-state index in [1.807, 2.05) is 0 Å². The van der Waals surface area contributed by atoms with Gasteiger partial charge in [-0.1, -0.05) is 0 Å². The lowest BCUT2D eigenvalue weighted by atomic mass is 10.1. The molecular formula is C16H15FN2O3S. The van der Waals surface area contributed by atoms with Crippen molar-refractivity contribution in [3.8, 4) is 0 Å². The molecule has 1 N–H and O–H groups in total. The van der Waals surface area contributed by atoms with E-state index >= 15 is 0 Å². The molecule has 120 valence electrons. The highest BCUT2D eigenvalue weighted by molar-refractivity contribution is 7.92. The Morgan fingerprint density at radius 2 is 1.61 bits per heavy atom. The number of anilines is 1. The number of carbonyl (C=O) groups excluding carboxylic acids is 1. The van der Waals surface area contributed by atoms with Crippen molar-refractivity contribution in [2.75, 3.05) is 17.8 Å². The first-order chi connectivity index (χ1) is 11.0. The maximum Gasteiger partial charge on any atom is 0.261 e. The van der Waals surface area contributed by atoms with Crippen LogP contribution in [0.2, 0.25) is 0 Å². The summed E-state index contributed by atoms with van der Waals surface area (Å²) in [6, 6.07) is 10.8. The molecule has 0 aromatic heterocycles. The van der Waals surface area contributed by atoms with E-state index in [0.29, 0.717) is 5.56 Å². The number of hydrogen-bond donors (Lipinski definition) is 1. The first-order valence-corrected chi connectivity index (χ1v) is 8.62. The van der Waals surface area contributed by atoms with Crippen molar-refractivity contribution < 1.29 is 17.6 Å². The first-order valence-electron chi connectivity index (χ1n) is 7.13. The number of nitrogens with zero attached hydrogens (tertiary/aromatic N) is 1. The number of hydrogen-bond acceptors (Lipinski definition) is 3. The van der Waals surface area contributed by atoms with Crippen molar-refractivity contribution in [2.24, 2.45) is 0 Å². The highest BCUT2D eigenvalue weighted by atomic mass is 32.2. The van der Waals surface area contributed by atoms with Gasteiger partial charge in [-0.3, -0.25) is 9.52 Å². The van der Waals surface area contributed by atoms with E-state index in [0.717, 1.165) is 19.5 Å². The van der Waals surface area contributed by atoms with Gasteiger partial charge in [-0.15, -0.1) is 0 Å². The van der Waals surface area contributed by atoms with Gasteiger partial charge in [0.2, 0.25) is 0 Å². The molecule has 1 amide bonds. The zero-order valence-electron chi connectivity index (χ0n) is 12.2. The van der Waals surface area contributed by atoms with E-state index in [9.17, 15) is 17.6 Å². The van der Waals surface area contributed by atoms with Gasteiger partial charge in [0.1, 0.15) is 5.82 Å². The van der Waals surface area contributed by atoms with Crippen LogP contribution >= 0.6 is 0 Å². The number of carbonyl (C=O) groups is 1. The van der Waals surface area contributed by atoms with Crippen LogP contribution in [0.4, 0.5) is 10.1 Å². The molecule has 0 radical (unpaired) electrons. The summed E-state index contributed by atoms with van der Waals surface area (Å²) in [5, 5.41) is 0. The second-order valence-electron chi connectivity index (χ2n) is 5.28. The molecule has 23 heavy (non-hydrogen) atoms. The standard InChI is InChI=1S/C16H15FN2O3S/c17-13-4-6-14(7-5-13)18-23(21,22)15-8-2-12(3-9-15)16(20)19-10-1-11-19/h2-9,18H,1,10-11H2. The molecule has 3 rings (SSSR count). The summed E-state index contributed by atoms with van der Waals surface area (Å²) in [4.78, 5) is 13.8. The predicted molar refractivity (Wildman–Crippen MR) is 84.2 cm³/mol. The Morgan fingerprint density at radius 3 is 2.13 bits per heavy atom. The van der Waals surface area contributed by atoms with Gasteiger partial charge in [0.15, 0.2) is 0 Å². The molecule has 1 heterocycles. The molecule has 2 aromatic rings. The van der Waals surface area contributed by atoms with Crippen LogP contribution in [0.25, 0.3) is 0 Å². The second-order valence-corrected chi connectivity index (χ2v) is 6.96. The van der Waals surface area contributed by atoms with Crippen LogP contribution in [0.5, 0.6) is 0 Å². The number of likely N-dealkylation sites (tertiary alicyclic amines) is 1. The molecule has 0 aliphatic carbocycles. The summed E-state index contributed by atoms with van der Waals surface area (Å²) in [6.07, 6.45) is 1.000. The largest absolute Gasteiger partial charge is 0.339 e. The van der Waals surface area contributed by atoms with E-state index in [4.69, 9.17) is 0 Å². The van der Waals surface area contributed by atoms with Gasteiger partial charge in [0.05, 0.1) is 4.90 Å². The number of benzene rings is 2. The third kappa shape index (κ3) is 3.34. The van der Waals surface area contributed by atoms with Gasteiger partial charge < -0.3 is 4.90 Å². The number of rotatable bonds is 4. The Balaban J connectivity index is 1.77. The van der Waals surface area contributed by atoms with Crippen LogP contribution < -0.4 is 4.72 Å². The lowest BCUT2D eigenvalue weighted by Gasteiger charge is -2.30. The van der Waals surface area contributed by atoms with Gasteiger partial charge in [0, 0.05) is 24.3 Å². The van der Waals surface area contributed by atoms with E-state index in [1.165, 1.54) is 48.5 Å². The summed E-state index contributed by atoms with van der Waals surface area (Å²) in [7, 11) is -3.78. The summed E-state index contributed by atoms with van der Waals surface area (Å²) in [5.41, 5.74) is 0.734. The van der Waals surface area contributed by atoms with Gasteiger partial charge in [-0.2, -0.15) is 0 Å². The van der Waals surface area contributed by atoms with Crippen molar-refractivity contribution in [1.82, 2.24) is 4.90 Å². The molecule has 1 fully saturated rings. The summed E-state index contributed by atoms with van der Waals surface area (Å²) >= 11 is 0. The Kier molecular flexibility index (Phi) is 4.04. The number of halogens is 1. The number of nitrogens with one attached hydrogen (secondary N) is 1.